The summed E-state index contributed by atoms with van der Waals surface area (Å²) in [5.41, 5.74) is -0.142. The summed E-state index contributed by atoms with van der Waals surface area (Å²) in [7, 11) is -1.65. The molecule has 5 rings (SSSR count). The summed E-state index contributed by atoms with van der Waals surface area (Å²) < 4.78 is 40.4. The summed E-state index contributed by atoms with van der Waals surface area (Å²) in [5, 5.41) is 2.68. The third-order valence-corrected chi connectivity index (χ3v) is 8.72. The number of piperidine rings is 1. The lowest BCUT2D eigenvalue weighted by Gasteiger charge is -2.45. The molecule has 2 aliphatic heterocycles. The topological polar surface area (TPSA) is 103 Å². The number of rotatable bonds is 5. The number of benzene rings is 1. The molecule has 3 aliphatic rings. The highest BCUT2D eigenvalue weighted by Crippen LogP contribution is 2.42. The van der Waals surface area contributed by atoms with E-state index in [0.717, 1.165) is 18.7 Å². The number of hydrogen-bond donors (Lipinski definition) is 1. The van der Waals surface area contributed by atoms with Gasteiger partial charge in [0.25, 0.3) is 5.91 Å². The number of amides is 1. The summed E-state index contributed by atoms with van der Waals surface area (Å²) in [5.74, 6) is 1.17. The number of aromatic nitrogens is 2. The fraction of sp³-hybridized carbons (Fsp3) is 0.524. The van der Waals surface area contributed by atoms with Crippen molar-refractivity contribution in [3.8, 4) is 5.75 Å². The van der Waals surface area contributed by atoms with Gasteiger partial charge in [-0.2, -0.15) is 0 Å². The van der Waals surface area contributed by atoms with Crippen LogP contribution in [-0.2, 0) is 31.7 Å². The number of fused-ring (bicyclic) bond motifs is 2. The van der Waals surface area contributed by atoms with E-state index in [-0.39, 0.29) is 11.2 Å². The molecule has 10 heteroatoms. The first-order valence-corrected chi connectivity index (χ1v) is 12.0. The third kappa shape index (κ3) is 3.72. The average molecular weight is 447 g/mol. The summed E-state index contributed by atoms with van der Waals surface area (Å²) in [4.78, 5) is 17.5. The molecule has 1 saturated carbocycles. The molecular formula is C21H26N4O5S. The van der Waals surface area contributed by atoms with Crippen LogP contribution in [0.25, 0.3) is 0 Å². The maximum atomic E-state index is 13.0. The van der Waals surface area contributed by atoms with E-state index in [1.165, 1.54) is 0 Å². The molecule has 2 fully saturated rings. The van der Waals surface area contributed by atoms with Crippen LogP contribution in [-0.4, -0.2) is 59.7 Å². The molecular weight excluding hydrogens is 420 g/mol. The van der Waals surface area contributed by atoms with Crippen molar-refractivity contribution < 1.29 is 22.7 Å². The Kier molecular flexibility index (Phi) is 5.03. The first kappa shape index (κ1) is 20.5. The minimum Gasteiger partial charge on any atom is -0.497 e. The highest BCUT2D eigenvalue weighted by atomic mass is 32.2. The summed E-state index contributed by atoms with van der Waals surface area (Å²) in [6.07, 6.45) is 5.28. The van der Waals surface area contributed by atoms with Crippen molar-refractivity contribution in [3.05, 3.63) is 42.5 Å². The van der Waals surface area contributed by atoms with E-state index >= 15 is 0 Å². The molecule has 1 saturated heterocycles. The zero-order valence-electron chi connectivity index (χ0n) is 17.4. The lowest BCUT2D eigenvalue weighted by molar-refractivity contribution is -0.166. The standard InChI is InChI=1S/C21H26N4O5S/c1-29-16-4-2-3-15(13-16)23-19(26)18-14-24-12-9-22-20(24)21(30-18)7-10-25(11-8-21)31(27,28)17-5-6-17/h2-4,9,12-13,17-18H,5-8,10-11,14H2,1H3,(H,23,26). The van der Waals surface area contributed by atoms with E-state index in [9.17, 15) is 13.2 Å². The van der Waals surface area contributed by atoms with Crippen LogP contribution in [0, 0.1) is 0 Å². The Morgan fingerprint density at radius 1 is 1.29 bits per heavy atom. The Morgan fingerprint density at radius 2 is 2.06 bits per heavy atom. The largest absolute Gasteiger partial charge is 0.497 e. The molecule has 1 unspecified atom stereocenters. The van der Waals surface area contributed by atoms with Gasteiger partial charge in [-0.1, -0.05) is 6.07 Å². The SMILES string of the molecule is COc1cccc(NC(=O)C2Cn3ccnc3C3(CCN(S(=O)(=O)C4CC4)CC3)O2)c1. The molecule has 0 bridgehead atoms. The molecule has 1 amide bonds. The van der Waals surface area contributed by atoms with Gasteiger partial charge in [-0.3, -0.25) is 4.79 Å². The van der Waals surface area contributed by atoms with Gasteiger partial charge in [0, 0.05) is 37.2 Å². The van der Waals surface area contributed by atoms with Crippen molar-refractivity contribution in [3.63, 3.8) is 0 Å². The molecule has 3 heterocycles. The minimum absolute atomic E-state index is 0.225. The smallest absolute Gasteiger partial charge is 0.255 e. The number of nitrogens with one attached hydrogen (secondary N) is 1. The van der Waals surface area contributed by atoms with E-state index in [1.807, 2.05) is 22.9 Å². The van der Waals surface area contributed by atoms with Crippen molar-refractivity contribution in [2.75, 3.05) is 25.5 Å². The number of carbonyl (C=O) groups excluding carboxylic acids is 1. The molecule has 166 valence electrons. The van der Waals surface area contributed by atoms with E-state index in [2.05, 4.69) is 10.3 Å². The maximum Gasteiger partial charge on any atom is 0.255 e. The van der Waals surface area contributed by atoms with Crippen molar-refractivity contribution >= 4 is 21.6 Å². The molecule has 1 atom stereocenters. The Morgan fingerprint density at radius 3 is 2.77 bits per heavy atom. The maximum absolute atomic E-state index is 13.0. The van der Waals surface area contributed by atoms with Crippen LogP contribution in [0.2, 0.25) is 0 Å². The predicted molar refractivity (Wildman–Crippen MR) is 113 cm³/mol. The molecule has 2 aromatic rings. The highest BCUT2D eigenvalue weighted by molar-refractivity contribution is 7.90. The average Bonchev–Trinajstić information content (AvgIpc) is 3.53. The summed E-state index contributed by atoms with van der Waals surface area (Å²) >= 11 is 0. The number of methoxy groups -OCH3 is 1. The normalized spacial score (nSPS) is 23.3. The Labute approximate surface area is 181 Å². The van der Waals surface area contributed by atoms with Crippen LogP contribution in [0.15, 0.2) is 36.7 Å². The first-order chi connectivity index (χ1) is 14.9. The van der Waals surface area contributed by atoms with Gasteiger partial charge in [-0.15, -0.1) is 0 Å². The van der Waals surface area contributed by atoms with Gasteiger partial charge in [-0.25, -0.2) is 17.7 Å². The van der Waals surface area contributed by atoms with Gasteiger partial charge in [0.05, 0.1) is 18.9 Å². The molecule has 1 N–H and O–H groups in total. The predicted octanol–water partition coefficient (Wildman–Crippen LogP) is 1.71. The molecule has 1 aromatic carbocycles. The number of imidazole rings is 1. The Balaban J connectivity index is 1.34. The number of anilines is 1. The third-order valence-electron chi connectivity index (χ3n) is 6.32. The lowest BCUT2D eigenvalue weighted by atomic mass is 9.89. The van der Waals surface area contributed by atoms with Crippen LogP contribution >= 0.6 is 0 Å². The molecule has 9 nitrogen and oxygen atoms in total. The second-order valence-electron chi connectivity index (χ2n) is 8.37. The highest BCUT2D eigenvalue weighted by Gasteiger charge is 2.50. The van der Waals surface area contributed by atoms with Crippen LogP contribution in [0.3, 0.4) is 0 Å². The number of carbonyl (C=O) groups is 1. The fourth-order valence-electron chi connectivity index (χ4n) is 4.48. The van der Waals surface area contributed by atoms with Gasteiger partial charge in [0.15, 0.2) is 6.10 Å². The fourth-order valence-corrected chi connectivity index (χ4v) is 6.32. The van der Waals surface area contributed by atoms with Crippen molar-refractivity contribution in [1.29, 1.82) is 0 Å². The number of sulfonamides is 1. The van der Waals surface area contributed by atoms with E-state index in [4.69, 9.17) is 9.47 Å². The zero-order chi connectivity index (χ0) is 21.6. The first-order valence-electron chi connectivity index (χ1n) is 10.5. The molecule has 0 radical (unpaired) electrons. The number of hydrogen-bond acceptors (Lipinski definition) is 6. The number of nitrogens with zero attached hydrogens (tertiary/aromatic N) is 3. The summed E-state index contributed by atoms with van der Waals surface area (Å²) in [6.45, 7) is 1.10. The van der Waals surface area contributed by atoms with E-state index in [1.54, 1.807) is 29.7 Å². The second-order valence-corrected chi connectivity index (χ2v) is 10.6. The van der Waals surface area contributed by atoms with Crippen LogP contribution in [0.4, 0.5) is 5.69 Å². The Hall–Kier alpha value is -2.43. The minimum atomic E-state index is -3.23. The van der Waals surface area contributed by atoms with Crippen molar-refractivity contribution in [2.45, 2.75) is 49.2 Å². The van der Waals surface area contributed by atoms with Gasteiger partial charge in [0.1, 0.15) is 17.2 Å². The van der Waals surface area contributed by atoms with Gasteiger partial charge in [0.2, 0.25) is 10.0 Å². The molecule has 1 aromatic heterocycles. The van der Waals surface area contributed by atoms with Gasteiger partial charge < -0.3 is 19.4 Å². The van der Waals surface area contributed by atoms with Crippen LogP contribution in [0.5, 0.6) is 5.75 Å². The van der Waals surface area contributed by atoms with Crippen LogP contribution < -0.4 is 10.1 Å². The zero-order valence-corrected chi connectivity index (χ0v) is 18.2. The van der Waals surface area contributed by atoms with Crippen LogP contribution in [0.1, 0.15) is 31.5 Å². The van der Waals surface area contributed by atoms with E-state index in [0.29, 0.717) is 43.9 Å². The number of ether oxygens (including phenoxy) is 2. The molecule has 1 spiro atoms. The quantitative estimate of drug-likeness (QED) is 0.750. The van der Waals surface area contributed by atoms with Gasteiger partial charge >= 0.3 is 0 Å². The van der Waals surface area contributed by atoms with Gasteiger partial charge in [-0.05, 0) is 37.8 Å². The monoisotopic (exact) mass is 446 g/mol. The lowest BCUT2D eigenvalue weighted by Crippen LogP contribution is -2.54. The second kappa shape index (κ2) is 7.61. The molecule has 31 heavy (non-hydrogen) atoms. The summed E-state index contributed by atoms with van der Waals surface area (Å²) in [6, 6.07) is 7.16. The van der Waals surface area contributed by atoms with Crippen molar-refractivity contribution in [2.24, 2.45) is 0 Å². The van der Waals surface area contributed by atoms with Crippen molar-refractivity contribution in [1.82, 2.24) is 13.9 Å². The van der Waals surface area contributed by atoms with E-state index < -0.39 is 21.7 Å². The molecule has 1 aliphatic carbocycles. The Bertz CT molecular complexity index is 1090.